The topological polar surface area (TPSA) is 64.6 Å². The van der Waals surface area contributed by atoms with Crippen LogP contribution in [0.4, 0.5) is 5.69 Å². The highest BCUT2D eigenvalue weighted by atomic mass is 32.2. The molecule has 0 saturated heterocycles. The molecule has 5 nitrogen and oxygen atoms in total. The monoisotopic (exact) mass is 335 g/mol. The Labute approximate surface area is 137 Å². The van der Waals surface area contributed by atoms with Gasteiger partial charge in [0.15, 0.2) is 0 Å². The third-order valence-corrected chi connectivity index (χ3v) is 4.74. The van der Waals surface area contributed by atoms with Crippen molar-refractivity contribution in [3.63, 3.8) is 0 Å². The first kappa shape index (κ1) is 17.1. The molecule has 23 heavy (non-hydrogen) atoms. The van der Waals surface area contributed by atoms with Gasteiger partial charge in [-0.2, -0.15) is 0 Å². The van der Waals surface area contributed by atoms with E-state index in [-0.39, 0.29) is 4.90 Å². The van der Waals surface area contributed by atoms with Crippen molar-refractivity contribution >= 4 is 15.7 Å². The maximum atomic E-state index is 12.5. The van der Waals surface area contributed by atoms with Crippen molar-refractivity contribution in [2.75, 3.05) is 18.4 Å². The Balaban J connectivity index is 2.24. The molecule has 0 aliphatic heterocycles. The highest BCUT2D eigenvalue weighted by Crippen LogP contribution is 2.25. The Morgan fingerprint density at radius 3 is 2.30 bits per heavy atom. The molecule has 0 aliphatic carbocycles. The predicted octanol–water partition coefficient (Wildman–Crippen LogP) is 3.46. The molecule has 2 rings (SSSR count). The van der Waals surface area contributed by atoms with E-state index in [1.54, 1.807) is 43.5 Å². The van der Waals surface area contributed by atoms with Gasteiger partial charge in [0.2, 0.25) is 0 Å². The zero-order valence-electron chi connectivity index (χ0n) is 13.5. The second-order valence-corrected chi connectivity index (χ2v) is 6.57. The fourth-order valence-corrected chi connectivity index (χ4v) is 3.31. The fraction of sp³-hybridized carbons (Fsp3) is 0.294. The van der Waals surface area contributed by atoms with Gasteiger partial charge in [-0.3, -0.25) is 4.72 Å². The van der Waals surface area contributed by atoms with Crippen LogP contribution in [0.5, 0.6) is 11.5 Å². The summed E-state index contributed by atoms with van der Waals surface area (Å²) in [7, 11) is -2.07. The van der Waals surface area contributed by atoms with Gasteiger partial charge in [-0.15, -0.1) is 0 Å². The molecule has 0 saturated carbocycles. The zero-order chi connectivity index (χ0) is 16.9. The standard InChI is InChI=1S/C17H21NO4S/c1-4-13-12-16(10-11-17(13)21-3)23(19,20)18-14-6-8-15(9-7-14)22-5-2/h6-12,18H,4-5H2,1-3H3. The summed E-state index contributed by atoms with van der Waals surface area (Å²) in [6.07, 6.45) is 0.690. The molecular weight excluding hydrogens is 314 g/mol. The van der Waals surface area contributed by atoms with Gasteiger partial charge in [0.1, 0.15) is 11.5 Å². The Hall–Kier alpha value is -2.21. The van der Waals surface area contributed by atoms with E-state index in [1.807, 2.05) is 13.8 Å². The van der Waals surface area contributed by atoms with Crippen molar-refractivity contribution in [1.82, 2.24) is 0 Å². The van der Waals surface area contributed by atoms with E-state index in [9.17, 15) is 8.42 Å². The van der Waals surface area contributed by atoms with Crippen molar-refractivity contribution in [2.45, 2.75) is 25.2 Å². The lowest BCUT2D eigenvalue weighted by atomic mass is 10.1. The molecular formula is C17H21NO4S. The first-order chi connectivity index (χ1) is 11.0. The van der Waals surface area contributed by atoms with Crippen LogP contribution in [0, 0.1) is 0 Å². The van der Waals surface area contributed by atoms with E-state index < -0.39 is 10.0 Å². The SMILES string of the molecule is CCOc1ccc(NS(=O)(=O)c2ccc(OC)c(CC)c2)cc1. The van der Waals surface area contributed by atoms with E-state index >= 15 is 0 Å². The average Bonchev–Trinajstić information content (AvgIpc) is 2.56. The molecule has 1 N–H and O–H groups in total. The lowest BCUT2D eigenvalue weighted by Gasteiger charge is -2.12. The van der Waals surface area contributed by atoms with Gasteiger partial charge >= 0.3 is 0 Å². The number of anilines is 1. The molecule has 2 aromatic rings. The van der Waals surface area contributed by atoms with E-state index in [1.165, 1.54) is 6.07 Å². The first-order valence-corrected chi connectivity index (χ1v) is 8.91. The summed E-state index contributed by atoms with van der Waals surface area (Å²) in [5.74, 6) is 1.39. The largest absolute Gasteiger partial charge is 0.496 e. The van der Waals surface area contributed by atoms with Gasteiger partial charge in [-0.25, -0.2) is 8.42 Å². The van der Waals surface area contributed by atoms with Crippen molar-refractivity contribution in [1.29, 1.82) is 0 Å². The van der Waals surface area contributed by atoms with Crippen LogP contribution in [0.25, 0.3) is 0 Å². The molecule has 6 heteroatoms. The van der Waals surface area contributed by atoms with E-state index in [0.717, 1.165) is 5.56 Å². The minimum atomic E-state index is -3.64. The van der Waals surface area contributed by atoms with Crippen molar-refractivity contribution < 1.29 is 17.9 Å². The van der Waals surface area contributed by atoms with Crippen LogP contribution in [0.1, 0.15) is 19.4 Å². The van der Waals surface area contributed by atoms with Gasteiger partial charge in [-0.05, 0) is 61.4 Å². The molecule has 0 atom stereocenters. The van der Waals surface area contributed by atoms with Crippen LogP contribution < -0.4 is 14.2 Å². The molecule has 0 spiro atoms. The number of hydrogen-bond acceptors (Lipinski definition) is 4. The number of methoxy groups -OCH3 is 1. The molecule has 0 aliphatic rings. The summed E-state index contributed by atoms with van der Waals surface area (Å²) in [6, 6.07) is 11.6. The Bertz CT molecular complexity index is 755. The minimum Gasteiger partial charge on any atom is -0.496 e. The second-order valence-electron chi connectivity index (χ2n) is 4.89. The van der Waals surface area contributed by atoms with Crippen molar-refractivity contribution in [3.05, 3.63) is 48.0 Å². The zero-order valence-corrected chi connectivity index (χ0v) is 14.3. The van der Waals surface area contributed by atoms with Crippen molar-refractivity contribution in [2.24, 2.45) is 0 Å². The second kappa shape index (κ2) is 7.37. The van der Waals surface area contributed by atoms with Gasteiger partial charge in [-0.1, -0.05) is 6.92 Å². The molecule has 0 amide bonds. The van der Waals surface area contributed by atoms with Crippen LogP contribution in [-0.2, 0) is 16.4 Å². The molecule has 124 valence electrons. The Kier molecular flexibility index (Phi) is 5.50. The summed E-state index contributed by atoms with van der Waals surface area (Å²) >= 11 is 0. The number of benzene rings is 2. The molecule has 0 aromatic heterocycles. The Morgan fingerprint density at radius 2 is 1.74 bits per heavy atom. The third kappa shape index (κ3) is 4.16. The number of aryl methyl sites for hydroxylation is 1. The summed E-state index contributed by atoms with van der Waals surface area (Å²) in [6.45, 7) is 4.41. The molecule has 0 unspecified atom stereocenters. The summed E-state index contributed by atoms with van der Waals surface area (Å²) in [4.78, 5) is 0.212. The highest BCUT2D eigenvalue weighted by molar-refractivity contribution is 7.92. The smallest absolute Gasteiger partial charge is 0.261 e. The van der Waals surface area contributed by atoms with Gasteiger partial charge in [0, 0.05) is 5.69 Å². The average molecular weight is 335 g/mol. The van der Waals surface area contributed by atoms with Crippen LogP contribution in [0.3, 0.4) is 0 Å². The molecule has 0 heterocycles. The summed E-state index contributed by atoms with van der Waals surface area (Å²) in [5.41, 5.74) is 1.34. The predicted molar refractivity (Wildman–Crippen MR) is 90.8 cm³/mol. The fourth-order valence-electron chi connectivity index (χ4n) is 2.20. The maximum absolute atomic E-state index is 12.5. The maximum Gasteiger partial charge on any atom is 0.261 e. The number of ether oxygens (including phenoxy) is 2. The Morgan fingerprint density at radius 1 is 1.04 bits per heavy atom. The van der Waals surface area contributed by atoms with Crippen molar-refractivity contribution in [3.8, 4) is 11.5 Å². The van der Waals surface area contributed by atoms with Gasteiger partial charge in [0.25, 0.3) is 10.0 Å². The summed E-state index contributed by atoms with van der Waals surface area (Å²) in [5, 5.41) is 0. The lowest BCUT2D eigenvalue weighted by Crippen LogP contribution is -2.13. The van der Waals surface area contributed by atoms with Crippen LogP contribution in [0.2, 0.25) is 0 Å². The van der Waals surface area contributed by atoms with Crippen LogP contribution in [-0.4, -0.2) is 22.1 Å². The van der Waals surface area contributed by atoms with Gasteiger partial charge < -0.3 is 9.47 Å². The van der Waals surface area contributed by atoms with Crippen LogP contribution in [0.15, 0.2) is 47.4 Å². The normalized spacial score (nSPS) is 11.1. The number of hydrogen-bond donors (Lipinski definition) is 1. The lowest BCUT2D eigenvalue weighted by molar-refractivity contribution is 0.340. The summed E-state index contributed by atoms with van der Waals surface area (Å²) < 4.78 is 38.1. The number of rotatable bonds is 7. The molecule has 2 aromatic carbocycles. The third-order valence-electron chi connectivity index (χ3n) is 3.36. The molecule has 0 fully saturated rings. The van der Waals surface area contributed by atoms with Gasteiger partial charge in [0.05, 0.1) is 18.6 Å². The molecule has 0 radical (unpaired) electrons. The minimum absolute atomic E-state index is 0.212. The van der Waals surface area contributed by atoms with E-state index in [2.05, 4.69) is 4.72 Å². The number of nitrogens with one attached hydrogen (secondary N) is 1. The number of sulfonamides is 1. The molecule has 0 bridgehead atoms. The van der Waals surface area contributed by atoms with Crippen LogP contribution >= 0.6 is 0 Å². The quantitative estimate of drug-likeness (QED) is 0.841. The first-order valence-electron chi connectivity index (χ1n) is 7.42. The van der Waals surface area contributed by atoms with E-state index in [4.69, 9.17) is 9.47 Å². The highest BCUT2D eigenvalue weighted by Gasteiger charge is 2.16. The van der Waals surface area contributed by atoms with E-state index in [0.29, 0.717) is 30.2 Å².